The fraction of sp³-hybridized carbons (Fsp3) is 0.222. The van der Waals surface area contributed by atoms with E-state index in [1.807, 2.05) is 13.8 Å². The summed E-state index contributed by atoms with van der Waals surface area (Å²) in [5.41, 5.74) is 0.836. The second-order valence-corrected chi connectivity index (χ2v) is 8.69. The summed E-state index contributed by atoms with van der Waals surface area (Å²) >= 11 is 0. The number of hydrogen-bond donors (Lipinski definition) is 1. The molecule has 33 heavy (non-hydrogen) atoms. The minimum atomic E-state index is -0.814. The number of hydrogen-bond acceptors (Lipinski definition) is 6. The highest BCUT2D eigenvalue weighted by molar-refractivity contribution is 6.42. The van der Waals surface area contributed by atoms with Crippen LogP contribution in [-0.2, 0) is 4.74 Å². The molecule has 3 aromatic rings. The maximum absolute atomic E-state index is 13.8. The lowest BCUT2D eigenvalue weighted by atomic mass is 9.74. The van der Waals surface area contributed by atoms with Crippen molar-refractivity contribution < 1.29 is 29.0 Å². The van der Waals surface area contributed by atoms with Crippen LogP contribution in [0, 0.1) is 5.92 Å². The maximum Gasteiger partial charge on any atom is 0.342 e. The summed E-state index contributed by atoms with van der Waals surface area (Å²) in [4.78, 5) is 40.3. The van der Waals surface area contributed by atoms with Gasteiger partial charge in [0.05, 0.1) is 12.7 Å². The molecule has 0 fully saturated rings. The number of allylic oxidation sites excluding steroid dienone is 1. The van der Waals surface area contributed by atoms with Crippen LogP contribution < -0.4 is 4.74 Å². The predicted octanol–water partition coefficient (Wildman–Crippen LogP) is 4.97. The van der Waals surface area contributed by atoms with Gasteiger partial charge in [0.15, 0.2) is 11.6 Å². The lowest BCUT2D eigenvalue weighted by Crippen LogP contribution is -2.36. The third kappa shape index (κ3) is 2.98. The Kier molecular flexibility index (Phi) is 4.81. The van der Waals surface area contributed by atoms with Gasteiger partial charge in [-0.15, -0.1) is 0 Å². The second-order valence-electron chi connectivity index (χ2n) is 8.69. The summed E-state index contributed by atoms with van der Waals surface area (Å²) in [6, 6.07) is 13.6. The third-order valence-electron chi connectivity index (χ3n) is 6.21. The summed E-state index contributed by atoms with van der Waals surface area (Å²) in [6.45, 7) is 4.02. The largest absolute Gasteiger partial charge is 0.506 e. The Balaban J connectivity index is 1.94. The number of ether oxygens (including phenoxy) is 2. The Bertz CT molecular complexity index is 1400. The van der Waals surface area contributed by atoms with E-state index in [1.54, 1.807) is 48.5 Å². The number of carbonyl (C=O) groups is 3. The van der Waals surface area contributed by atoms with Gasteiger partial charge in [0.1, 0.15) is 23.2 Å². The molecule has 0 bridgehead atoms. The molecule has 3 aromatic carbocycles. The summed E-state index contributed by atoms with van der Waals surface area (Å²) in [7, 11) is 1.20. The number of phenolic OH excluding ortho intramolecular Hbond substituents is 1. The zero-order valence-corrected chi connectivity index (χ0v) is 18.5. The van der Waals surface area contributed by atoms with E-state index in [0.29, 0.717) is 28.5 Å². The van der Waals surface area contributed by atoms with Gasteiger partial charge < -0.3 is 14.6 Å². The van der Waals surface area contributed by atoms with Crippen molar-refractivity contribution in [3.63, 3.8) is 0 Å². The summed E-state index contributed by atoms with van der Waals surface area (Å²) in [5.74, 6) is -1.33. The summed E-state index contributed by atoms with van der Waals surface area (Å²) in [6.07, 6.45) is -0.168. The van der Waals surface area contributed by atoms with Crippen LogP contribution in [0.5, 0.6) is 11.5 Å². The summed E-state index contributed by atoms with van der Waals surface area (Å²) < 4.78 is 11.4. The van der Waals surface area contributed by atoms with E-state index < -0.39 is 12.1 Å². The van der Waals surface area contributed by atoms with Gasteiger partial charge in [0, 0.05) is 33.0 Å². The molecular weight excluding hydrogens is 420 g/mol. The second kappa shape index (κ2) is 7.59. The highest BCUT2D eigenvalue weighted by atomic mass is 16.5. The molecule has 1 aliphatic carbocycles. The van der Waals surface area contributed by atoms with E-state index in [1.165, 1.54) is 7.11 Å². The van der Waals surface area contributed by atoms with Gasteiger partial charge in [-0.3, -0.25) is 9.59 Å². The molecule has 0 spiro atoms. The van der Waals surface area contributed by atoms with Crippen molar-refractivity contribution in [2.45, 2.75) is 26.4 Å². The van der Waals surface area contributed by atoms with Crippen LogP contribution in [0.1, 0.15) is 56.9 Å². The molecule has 6 nitrogen and oxygen atoms in total. The minimum Gasteiger partial charge on any atom is -0.506 e. The fourth-order valence-electron chi connectivity index (χ4n) is 4.80. The number of phenols is 1. The Morgan fingerprint density at radius 2 is 1.61 bits per heavy atom. The van der Waals surface area contributed by atoms with Crippen molar-refractivity contribution in [3.8, 4) is 11.5 Å². The molecular formula is C27H22O6. The van der Waals surface area contributed by atoms with Gasteiger partial charge in [-0.25, -0.2) is 4.79 Å². The van der Waals surface area contributed by atoms with Crippen molar-refractivity contribution in [2.75, 3.05) is 7.11 Å². The average Bonchev–Trinajstić information content (AvgIpc) is 2.82. The minimum absolute atomic E-state index is 0.104. The van der Waals surface area contributed by atoms with Crippen LogP contribution in [0.15, 0.2) is 54.1 Å². The number of ketones is 2. The molecule has 0 amide bonds. The number of fused-ring (bicyclic) bond motifs is 5. The number of esters is 1. The number of Topliss-reactive ketones (excluding diaryl/α,β-unsaturated/α-hetero) is 2. The van der Waals surface area contributed by atoms with Crippen molar-refractivity contribution in [1.29, 1.82) is 0 Å². The maximum atomic E-state index is 13.8. The Labute approximate surface area is 190 Å². The highest BCUT2D eigenvalue weighted by Crippen LogP contribution is 2.51. The molecule has 0 saturated carbocycles. The van der Waals surface area contributed by atoms with E-state index >= 15 is 0 Å². The normalized spacial score (nSPS) is 16.9. The van der Waals surface area contributed by atoms with Gasteiger partial charge >= 0.3 is 5.97 Å². The Morgan fingerprint density at radius 3 is 2.24 bits per heavy atom. The van der Waals surface area contributed by atoms with E-state index in [9.17, 15) is 19.5 Å². The first-order chi connectivity index (χ1) is 15.8. The van der Waals surface area contributed by atoms with Crippen LogP contribution in [0.25, 0.3) is 16.3 Å². The molecule has 1 unspecified atom stereocenters. The quantitative estimate of drug-likeness (QED) is 0.576. The fourth-order valence-corrected chi connectivity index (χ4v) is 4.80. The average molecular weight is 442 g/mol. The van der Waals surface area contributed by atoms with Crippen molar-refractivity contribution in [1.82, 2.24) is 0 Å². The summed E-state index contributed by atoms with van der Waals surface area (Å²) in [5, 5.41) is 12.0. The SMILES string of the molecule is COC(=O)c1c2c(c3ccccc3c1O)OC(CC(C)C)C1=C2C(=O)c2ccccc2C1=O. The van der Waals surface area contributed by atoms with Crippen LogP contribution in [-0.4, -0.2) is 35.9 Å². The molecule has 5 rings (SSSR count). The molecule has 2 aliphatic rings. The molecule has 1 atom stereocenters. The Morgan fingerprint density at radius 1 is 1.00 bits per heavy atom. The zero-order chi connectivity index (χ0) is 23.4. The van der Waals surface area contributed by atoms with Gasteiger partial charge in [-0.2, -0.15) is 0 Å². The van der Waals surface area contributed by atoms with E-state index in [-0.39, 0.29) is 51.1 Å². The van der Waals surface area contributed by atoms with Crippen LogP contribution in [0.2, 0.25) is 0 Å². The van der Waals surface area contributed by atoms with Crippen molar-refractivity contribution in [2.24, 2.45) is 5.92 Å². The molecule has 6 heteroatoms. The van der Waals surface area contributed by atoms with Gasteiger partial charge in [0.25, 0.3) is 0 Å². The van der Waals surface area contributed by atoms with E-state index in [0.717, 1.165) is 0 Å². The number of methoxy groups -OCH3 is 1. The zero-order valence-electron chi connectivity index (χ0n) is 18.5. The topological polar surface area (TPSA) is 89.9 Å². The number of aromatic hydroxyl groups is 1. The molecule has 166 valence electrons. The first kappa shape index (κ1) is 20.9. The smallest absolute Gasteiger partial charge is 0.342 e. The molecule has 1 N–H and O–H groups in total. The number of carbonyl (C=O) groups excluding carboxylic acids is 3. The first-order valence-corrected chi connectivity index (χ1v) is 10.8. The van der Waals surface area contributed by atoms with Gasteiger partial charge in [-0.05, 0) is 12.3 Å². The van der Waals surface area contributed by atoms with Crippen LogP contribution in [0.4, 0.5) is 0 Å². The van der Waals surface area contributed by atoms with E-state index in [4.69, 9.17) is 9.47 Å². The molecule has 0 saturated heterocycles. The van der Waals surface area contributed by atoms with Crippen LogP contribution >= 0.6 is 0 Å². The molecule has 1 heterocycles. The third-order valence-corrected chi connectivity index (χ3v) is 6.21. The monoisotopic (exact) mass is 442 g/mol. The lowest BCUT2D eigenvalue weighted by Gasteiger charge is -2.35. The van der Waals surface area contributed by atoms with Crippen molar-refractivity contribution in [3.05, 3.63) is 76.4 Å². The predicted molar refractivity (Wildman–Crippen MR) is 123 cm³/mol. The molecule has 0 radical (unpaired) electrons. The Hall–Kier alpha value is -3.93. The molecule has 1 aliphatic heterocycles. The van der Waals surface area contributed by atoms with Crippen molar-refractivity contribution >= 4 is 33.9 Å². The number of benzene rings is 3. The number of rotatable bonds is 3. The molecule has 0 aromatic heterocycles. The van der Waals surface area contributed by atoms with Gasteiger partial charge in [-0.1, -0.05) is 62.4 Å². The highest BCUT2D eigenvalue weighted by Gasteiger charge is 2.44. The first-order valence-electron chi connectivity index (χ1n) is 10.8. The van der Waals surface area contributed by atoms with E-state index in [2.05, 4.69) is 0 Å². The van der Waals surface area contributed by atoms with Gasteiger partial charge in [0.2, 0.25) is 0 Å². The lowest BCUT2D eigenvalue weighted by molar-refractivity contribution is 0.0595. The standard InChI is InChI=1S/C27H22O6/c1-13(2)12-18-19-20(24(29)15-9-5-4-8-14(15)23(19)28)21-22(27(31)32-3)25(30)16-10-6-7-11-17(16)26(21)33-18/h4-11,13,18,30H,12H2,1-3H3. The van der Waals surface area contributed by atoms with Crippen LogP contribution in [0.3, 0.4) is 0 Å².